The second-order valence-electron chi connectivity index (χ2n) is 7.45. The zero-order valence-electron chi connectivity index (χ0n) is 14.6. The van der Waals surface area contributed by atoms with Gasteiger partial charge < -0.3 is 15.1 Å². The Morgan fingerprint density at radius 3 is 2.72 bits per heavy atom. The first-order valence-corrected chi connectivity index (χ1v) is 9.43. The van der Waals surface area contributed by atoms with Crippen molar-refractivity contribution in [3.63, 3.8) is 0 Å². The maximum absolute atomic E-state index is 12.3. The molecule has 3 fully saturated rings. The molecule has 1 aliphatic carbocycles. The van der Waals surface area contributed by atoms with E-state index in [1.165, 1.54) is 19.3 Å². The highest BCUT2D eigenvalue weighted by Gasteiger charge is 2.34. The van der Waals surface area contributed by atoms with Crippen LogP contribution in [0.1, 0.15) is 56.7 Å². The molecule has 0 unspecified atom stereocenters. The van der Waals surface area contributed by atoms with Crippen LogP contribution in [0.25, 0.3) is 0 Å². The Morgan fingerprint density at radius 2 is 2.00 bits per heavy atom. The van der Waals surface area contributed by atoms with Crippen molar-refractivity contribution in [1.29, 1.82) is 0 Å². The summed E-state index contributed by atoms with van der Waals surface area (Å²) < 4.78 is 1.83. The number of likely N-dealkylation sites (tertiary alicyclic amines) is 2. The van der Waals surface area contributed by atoms with E-state index >= 15 is 0 Å². The van der Waals surface area contributed by atoms with Gasteiger partial charge in [0.2, 0.25) is 5.91 Å². The maximum atomic E-state index is 12.3. The number of nitrogens with zero attached hydrogens (tertiary/aromatic N) is 5. The van der Waals surface area contributed by atoms with Crippen LogP contribution in [-0.2, 0) is 11.3 Å². The number of aromatic nitrogens is 3. The predicted molar refractivity (Wildman–Crippen MR) is 90.7 cm³/mol. The van der Waals surface area contributed by atoms with Crippen molar-refractivity contribution < 1.29 is 9.59 Å². The van der Waals surface area contributed by atoms with Crippen LogP contribution in [0.4, 0.5) is 4.79 Å². The van der Waals surface area contributed by atoms with Gasteiger partial charge >= 0.3 is 6.03 Å². The van der Waals surface area contributed by atoms with Crippen molar-refractivity contribution in [2.75, 3.05) is 19.6 Å². The lowest BCUT2D eigenvalue weighted by Crippen LogP contribution is -2.56. The van der Waals surface area contributed by atoms with Crippen LogP contribution in [0.3, 0.4) is 0 Å². The lowest BCUT2D eigenvalue weighted by molar-refractivity contribution is -0.128. The highest BCUT2D eigenvalue weighted by atomic mass is 16.2. The standard InChI is InChI=1S/C17H26N6O2/c24-16-7-4-8-21(16)9-14-10-23(20-19-14)15-11-22(12-15)17(25)18-13-5-2-1-3-6-13/h10,13,15H,1-9,11-12H2,(H,18,25). The fourth-order valence-corrected chi connectivity index (χ4v) is 3.93. The SMILES string of the molecule is O=C1CCCN1Cc1cn(C2CN(C(=O)NC3CCCCC3)C2)nn1. The number of hydrogen-bond acceptors (Lipinski definition) is 4. The van der Waals surface area contributed by atoms with Crippen molar-refractivity contribution in [3.8, 4) is 0 Å². The third-order valence-electron chi connectivity index (χ3n) is 5.54. The van der Waals surface area contributed by atoms with Gasteiger partial charge in [-0.15, -0.1) is 5.10 Å². The fourth-order valence-electron chi connectivity index (χ4n) is 3.93. The Morgan fingerprint density at radius 1 is 1.20 bits per heavy atom. The van der Waals surface area contributed by atoms with Crippen LogP contribution in [0.15, 0.2) is 6.20 Å². The van der Waals surface area contributed by atoms with Gasteiger partial charge in [0.15, 0.2) is 0 Å². The van der Waals surface area contributed by atoms with E-state index in [0.717, 1.165) is 31.5 Å². The van der Waals surface area contributed by atoms with E-state index < -0.39 is 0 Å². The fraction of sp³-hybridized carbons (Fsp3) is 0.765. The van der Waals surface area contributed by atoms with Gasteiger partial charge in [0.25, 0.3) is 0 Å². The van der Waals surface area contributed by atoms with Crippen LogP contribution < -0.4 is 5.32 Å². The number of urea groups is 1. The maximum Gasteiger partial charge on any atom is 0.317 e. The molecule has 1 aromatic rings. The first kappa shape index (κ1) is 16.4. The van der Waals surface area contributed by atoms with Gasteiger partial charge in [-0.25, -0.2) is 9.48 Å². The predicted octanol–water partition coefficient (Wildman–Crippen LogP) is 1.30. The number of hydrogen-bond donors (Lipinski definition) is 1. The summed E-state index contributed by atoms with van der Waals surface area (Å²) in [7, 11) is 0. The molecule has 2 aliphatic heterocycles. The van der Waals surface area contributed by atoms with Gasteiger partial charge in [-0.05, 0) is 19.3 Å². The highest BCUT2D eigenvalue weighted by molar-refractivity contribution is 5.78. The Labute approximate surface area is 147 Å². The molecule has 3 amide bonds. The van der Waals surface area contributed by atoms with Crippen molar-refractivity contribution in [2.45, 2.75) is 63.6 Å². The lowest BCUT2D eigenvalue weighted by atomic mass is 9.95. The van der Waals surface area contributed by atoms with Crippen LogP contribution in [0, 0.1) is 0 Å². The first-order valence-electron chi connectivity index (χ1n) is 9.43. The molecule has 0 aromatic carbocycles. The minimum Gasteiger partial charge on any atom is -0.337 e. The summed E-state index contributed by atoms with van der Waals surface area (Å²) in [6, 6.07) is 0.579. The van der Waals surface area contributed by atoms with Crippen LogP contribution in [0.2, 0.25) is 0 Å². The number of carbonyl (C=O) groups is 2. The minimum absolute atomic E-state index is 0.0474. The summed E-state index contributed by atoms with van der Waals surface area (Å²) in [5.74, 6) is 0.198. The van der Waals surface area contributed by atoms with E-state index in [4.69, 9.17) is 0 Å². The van der Waals surface area contributed by atoms with Gasteiger partial charge in [0.1, 0.15) is 5.69 Å². The molecule has 136 valence electrons. The van der Waals surface area contributed by atoms with Gasteiger partial charge in [0.05, 0.1) is 18.8 Å². The molecule has 1 N–H and O–H groups in total. The summed E-state index contributed by atoms with van der Waals surface area (Å²) in [6.45, 7) is 2.69. The topological polar surface area (TPSA) is 83.4 Å². The van der Waals surface area contributed by atoms with E-state index in [-0.39, 0.29) is 18.0 Å². The smallest absolute Gasteiger partial charge is 0.317 e. The van der Waals surface area contributed by atoms with E-state index in [0.29, 0.717) is 32.1 Å². The molecule has 25 heavy (non-hydrogen) atoms. The molecule has 0 radical (unpaired) electrons. The van der Waals surface area contributed by atoms with Crippen LogP contribution >= 0.6 is 0 Å². The zero-order valence-corrected chi connectivity index (χ0v) is 14.6. The van der Waals surface area contributed by atoms with Crippen molar-refractivity contribution in [2.24, 2.45) is 0 Å². The largest absolute Gasteiger partial charge is 0.337 e. The Balaban J connectivity index is 1.24. The summed E-state index contributed by atoms with van der Waals surface area (Å²) in [5, 5.41) is 11.5. The average Bonchev–Trinajstić information content (AvgIpc) is 3.17. The quantitative estimate of drug-likeness (QED) is 0.891. The van der Waals surface area contributed by atoms with Crippen LogP contribution in [-0.4, -0.2) is 62.4 Å². The molecule has 8 nitrogen and oxygen atoms in total. The number of carbonyl (C=O) groups excluding carboxylic acids is 2. The molecule has 3 heterocycles. The van der Waals surface area contributed by atoms with Crippen LogP contribution in [0.5, 0.6) is 0 Å². The number of amides is 3. The average molecular weight is 346 g/mol. The minimum atomic E-state index is 0.0474. The van der Waals surface area contributed by atoms with E-state index in [2.05, 4.69) is 15.6 Å². The molecular weight excluding hydrogens is 320 g/mol. The Bertz CT molecular complexity index is 633. The molecule has 8 heteroatoms. The van der Waals surface area contributed by atoms with Crippen molar-refractivity contribution in [1.82, 2.24) is 30.1 Å². The lowest BCUT2D eigenvalue weighted by Gasteiger charge is -2.39. The zero-order chi connectivity index (χ0) is 17.2. The highest BCUT2D eigenvalue weighted by Crippen LogP contribution is 2.23. The summed E-state index contributed by atoms with van der Waals surface area (Å²) in [5.41, 5.74) is 0.820. The van der Waals surface area contributed by atoms with Gasteiger partial charge in [-0.3, -0.25) is 4.79 Å². The van der Waals surface area contributed by atoms with Crippen molar-refractivity contribution >= 4 is 11.9 Å². The molecule has 0 spiro atoms. The molecule has 0 bridgehead atoms. The third kappa shape index (κ3) is 3.62. The van der Waals surface area contributed by atoms with E-state index in [1.807, 2.05) is 20.7 Å². The normalized spacial score (nSPS) is 22.3. The molecule has 4 rings (SSSR count). The van der Waals surface area contributed by atoms with Gasteiger partial charge in [0, 0.05) is 32.1 Å². The van der Waals surface area contributed by atoms with Gasteiger partial charge in [-0.2, -0.15) is 0 Å². The third-order valence-corrected chi connectivity index (χ3v) is 5.54. The number of nitrogens with one attached hydrogen (secondary N) is 1. The molecule has 1 saturated carbocycles. The monoisotopic (exact) mass is 346 g/mol. The number of rotatable bonds is 4. The summed E-state index contributed by atoms with van der Waals surface area (Å²) >= 11 is 0. The van der Waals surface area contributed by atoms with E-state index in [9.17, 15) is 9.59 Å². The molecule has 1 aromatic heterocycles. The Kier molecular flexibility index (Phi) is 4.59. The molecule has 0 atom stereocenters. The van der Waals surface area contributed by atoms with E-state index in [1.54, 1.807) is 0 Å². The molecule has 3 aliphatic rings. The van der Waals surface area contributed by atoms with Crippen molar-refractivity contribution in [3.05, 3.63) is 11.9 Å². The summed E-state index contributed by atoms with van der Waals surface area (Å²) in [4.78, 5) is 27.6. The van der Waals surface area contributed by atoms with Gasteiger partial charge in [-0.1, -0.05) is 24.5 Å². The summed E-state index contributed by atoms with van der Waals surface area (Å²) in [6.07, 6.45) is 9.41. The Hall–Kier alpha value is -2.12. The second-order valence-corrected chi connectivity index (χ2v) is 7.45. The second kappa shape index (κ2) is 7.01. The first-order chi connectivity index (χ1) is 12.2. The molecule has 2 saturated heterocycles. The molecular formula is C17H26N6O2.